The van der Waals surface area contributed by atoms with Crippen LogP contribution in [0.1, 0.15) is 54.0 Å². The SMILES string of the molecule is C=C(Cc1nc(Cc2ccc(CCCC)cc2)no1)C(=O)OCCc1nnnn1Cc1ccc(OC)cc1. The fraction of sp³-hybridized carbons (Fsp3) is 0.357. The van der Waals surface area contributed by atoms with Crippen molar-refractivity contribution in [1.29, 1.82) is 0 Å². The summed E-state index contributed by atoms with van der Waals surface area (Å²) < 4.78 is 17.5. The lowest BCUT2D eigenvalue weighted by atomic mass is 10.0. The molecule has 0 saturated carbocycles. The number of ether oxygens (including phenoxy) is 2. The van der Waals surface area contributed by atoms with Crippen LogP contribution in [0.25, 0.3) is 0 Å². The van der Waals surface area contributed by atoms with Crippen LogP contribution in [0.3, 0.4) is 0 Å². The van der Waals surface area contributed by atoms with E-state index in [0.717, 1.165) is 23.3 Å². The molecule has 10 nitrogen and oxygen atoms in total. The van der Waals surface area contributed by atoms with Crippen LogP contribution < -0.4 is 4.74 Å². The highest BCUT2D eigenvalue weighted by Crippen LogP contribution is 2.14. The van der Waals surface area contributed by atoms with Crippen LogP contribution in [0, 0.1) is 0 Å². The lowest BCUT2D eigenvalue weighted by molar-refractivity contribution is -0.139. The Labute approximate surface area is 221 Å². The van der Waals surface area contributed by atoms with Gasteiger partial charge < -0.3 is 14.0 Å². The van der Waals surface area contributed by atoms with E-state index in [4.69, 9.17) is 14.0 Å². The van der Waals surface area contributed by atoms with Crippen molar-refractivity contribution in [1.82, 2.24) is 30.3 Å². The predicted octanol–water partition coefficient (Wildman–Crippen LogP) is 3.93. The van der Waals surface area contributed by atoms with Crippen molar-refractivity contribution < 1.29 is 18.8 Å². The Morgan fingerprint density at radius 2 is 1.76 bits per heavy atom. The van der Waals surface area contributed by atoms with Gasteiger partial charge in [-0.15, -0.1) is 5.10 Å². The first-order valence-electron chi connectivity index (χ1n) is 12.7. The van der Waals surface area contributed by atoms with E-state index in [0.29, 0.717) is 36.9 Å². The van der Waals surface area contributed by atoms with Gasteiger partial charge in [-0.05, 0) is 52.1 Å². The number of esters is 1. The number of aryl methyl sites for hydroxylation is 1. The van der Waals surface area contributed by atoms with Crippen molar-refractivity contribution in [2.24, 2.45) is 0 Å². The van der Waals surface area contributed by atoms with E-state index in [-0.39, 0.29) is 18.6 Å². The number of rotatable bonds is 14. The number of carbonyl (C=O) groups is 1. The molecule has 2 aromatic heterocycles. The smallest absolute Gasteiger partial charge is 0.333 e. The zero-order valence-corrected chi connectivity index (χ0v) is 21.8. The summed E-state index contributed by atoms with van der Waals surface area (Å²) in [4.78, 5) is 16.8. The van der Waals surface area contributed by atoms with Gasteiger partial charge in [-0.1, -0.05) is 61.5 Å². The highest BCUT2D eigenvalue weighted by molar-refractivity contribution is 5.88. The zero-order valence-electron chi connectivity index (χ0n) is 21.8. The molecule has 4 rings (SSSR count). The number of benzene rings is 2. The van der Waals surface area contributed by atoms with Crippen molar-refractivity contribution in [3.8, 4) is 5.75 Å². The van der Waals surface area contributed by atoms with E-state index in [1.54, 1.807) is 11.8 Å². The molecule has 0 N–H and O–H groups in total. The fourth-order valence-corrected chi connectivity index (χ4v) is 3.84. The molecule has 0 bridgehead atoms. The molecule has 2 aromatic carbocycles. The number of hydrogen-bond acceptors (Lipinski definition) is 9. The zero-order chi connectivity index (χ0) is 26.7. The summed E-state index contributed by atoms with van der Waals surface area (Å²) in [5, 5.41) is 15.8. The molecule has 0 spiro atoms. The van der Waals surface area contributed by atoms with Crippen LogP contribution in [0.4, 0.5) is 0 Å². The van der Waals surface area contributed by atoms with E-state index in [9.17, 15) is 4.79 Å². The van der Waals surface area contributed by atoms with Crippen LogP contribution in [-0.4, -0.2) is 50.0 Å². The number of nitrogens with zero attached hydrogens (tertiary/aromatic N) is 6. The Bertz CT molecular complexity index is 1330. The van der Waals surface area contributed by atoms with Crippen LogP contribution in [-0.2, 0) is 41.8 Å². The number of tetrazole rings is 1. The summed E-state index contributed by atoms with van der Waals surface area (Å²) >= 11 is 0. The van der Waals surface area contributed by atoms with Crippen molar-refractivity contribution >= 4 is 5.97 Å². The molecule has 0 saturated heterocycles. The molecule has 0 atom stereocenters. The Hall–Kier alpha value is -4.34. The largest absolute Gasteiger partial charge is 0.497 e. The van der Waals surface area contributed by atoms with Crippen molar-refractivity contribution in [3.63, 3.8) is 0 Å². The molecule has 38 heavy (non-hydrogen) atoms. The monoisotopic (exact) mass is 516 g/mol. The normalized spacial score (nSPS) is 10.9. The van der Waals surface area contributed by atoms with Gasteiger partial charge in [-0.2, -0.15) is 4.98 Å². The maximum atomic E-state index is 12.4. The van der Waals surface area contributed by atoms with E-state index >= 15 is 0 Å². The minimum atomic E-state index is -0.526. The third-order valence-electron chi connectivity index (χ3n) is 6.02. The third kappa shape index (κ3) is 7.58. The summed E-state index contributed by atoms with van der Waals surface area (Å²) in [5.74, 6) is 1.75. The summed E-state index contributed by atoms with van der Waals surface area (Å²) in [7, 11) is 1.62. The molecular formula is C28H32N6O4. The van der Waals surface area contributed by atoms with Gasteiger partial charge in [0, 0.05) is 18.4 Å². The van der Waals surface area contributed by atoms with Crippen LogP contribution >= 0.6 is 0 Å². The quantitative estimate of drug-likeness (QED) is 0.181. The molecule has 0 radical (unpaired) electrons. The topological polar surface area (TPSA) is 118 Å². The molecule has 4 aromatic rings. The van der Waals surface area contributed by atoms with Gasteiger partial charge in [0.15, 0.2) is 11.6 Å². The van der Waals surface area contributed by atoms with Gasteiger partial charge in [0.25, 0.3) is 0 Å². The van der Waals surface area contributed by atoms with Crippen molar-refractivity contribution in [2.45, 2.75) is 52.0 Å². The molecule has 0 aliphatic carbocycles. The Morgan fingerprint density at radius 1 is 1.03 bits per heavy atom. The Balaban J connectivity index is 1.21. The molecule has 0 aliphatic rings. The lowest BCUT2D eigenvalue weighted by Gasteiger charge is -2.07. The predicted molar refractivity (Wildman–Crippen MR) is 140 cm³/mol. The highest BCUT2D eigenvalue weighted by atomic mass is 16.5. The summed E-state index contributed by atoms with van der Waals surface area (Å²) in [6.07, 6.45) is 4.49. The minimum absolute atomic E-state index is 0.115. The van der Waals surface area contributed by atoms with E-state index < -0.39 is 5.97 Å². The lowest BCUT2D eigenvalue weighted by Crippen LogP contribution is -2.14. The first kappa shape index (κ1) is 26.7. The summed E-state index contributed by atoms with van der Waals surface area (Å²) in [5.41, 5.74) is 3.68. The first-order chi connectivity index (χ1) is 18.5. The Morgan fingerprint density at radius 3 is 2.50 bits per heavy atom. The molecule has 0 aliphatic heterocycles. The number of aromatic nitrogens is 6. The standard InChI is InChI=1S/C28H32N6O4/c1-4-5-6-21-7-9-22(10-8-21)18-25-29-27(38-31-25)17-20(2)28(35)37-16-15-26-30-32-33-34(26)19-23-11-13-24(36-3)14-12-23/h7-14H,2,4-6,15-19H2,1,3H3. The molecule has 0 fully saturated rings. The second-order valence-corrected chi connectivity index (χ2v) is 8.97. The van der Waals surface area contributed by atoms with Crippen LogP contribution in [0.15, 0.2) is 65.2 Å². The molecular weight excluding hydrogens is 484 g/mol. The van der Waals surface area contributed by atoms with Gasteiger partial charge in [-0.25, -0.2) is 9.48 Å². The van der Waals surface area contributed by atoms with Gasteiger partial charge >= 0.3 is 5.97 Å². The molecule has 198 valence electrons. The van der Waals surface area contributed by atoms with Crippen LogP contribution in [0.5, 0.6) is 5.75 Å². The maximum absolute atomic E-state index is 12.4. The van der Waals surface area contributed by atoms with E-state index in [1.165, 1.54) is 18.4 Å². The summed E-state index contributed by atoms with van der Waals surface area (Å²) in [6, 6.07) is 16.1. The molecule has 2 heterocycles. The molecule has 10 heteroatoms. The van der Waals surface area contributed by atoms with Crippen LogP contribution in [0.2, 0.25) is 0 Å². The van der Waals surface area contributed by atoms with Crippen molar-refractivity contribution in [2.75, 3.05) is 13.7 Å². The fourth-order valence-electron chi connectivity index (χ4n) is 3.84. The number of methoxy groups -OCH3 is 1. The second kappa shape index (κ2) is 13.3. The second-order valence-electron chi connectivity index (χ2n) is 8.97. The minimum Gasteiger partial charge on any atom is -0.497 e. The first-order valence-corrected chi connectivity index (χ1v) is 12.7. The highest BCUT2D eigenvalue weighted by Gasteiger charge is 2.16. The van der Waals surface area contributed by atoms with E-state index in [1.807, 2.05) is 24.3 Å². The Kier molecular flexibility index (Phi) is 9.33. The number of carbonyl (C=O) groups excluding carboxylic acids is 1. The van der Waals surface area contributed by atoms with Gasteiger partial charge in [0.2, 0.25) is 5.89 Å². The third-order valence-corrected chi connectivity index (χ3v) is 6.02. The van der Waals surface area contributed by atoms with Gasteiger partial charge in [0.05, 0.1) is 26.7 Å². The molecule has 0 unspecified atom stereocenters. The molecule has 0 amide bonds. The average Bonchev–Trinajstić information content (AvgIpc) is 3.57. The van der Waals surface area contributed by atoms with Crippen molar-refractivity contribution in [3.05, 3.63) is 94.9 Å². The number of unbranched alkanes of at least 4 members (excludes halogenated alkanes) is 1. The number of hydrogen-bond donors (Lipinski definition) is 0. The van der Waals surface area contributed by atoms with Gasteiger partial charge in [0.1, 0.15) is 5.75 Å². The average molecular weight is 517 g/mol. The van der Waals surface area contributed by atoms with Gasteiger partial charge in [-0.3, -0.25) is 0 Å². The maximum Gasteiger partial charge on any atom is 0.333 e. The van der Waals surface area contributed by atoms with E-state index in [2.05, 4.69) is 63.4 Å². The summed E-state index contributed by atoms with van der Waals surface area (Å²) in [6.45, 7) is 6.62.